The molecule has 2 aromatic carbocycles. The van der Waals surface area contributed by atoms with Gasteiger partial charge in [0.25, 0.3) is 10.0 Å². The lowest BCUT2D eigenvalue weighted by molar-refractivity contribution is 0.403. The Labute approximate surface area is 118 Å². The molecule has 5 nitrogen and oxygen atoms in total. The van der Waals surface area contributed by atoms with Crippen LogP contribution in [-0.2, 0) is 16.6 Å². The highest BCUT2D eigenvalue weighted by molar-refractivity contribution is 7.92. The van der Waals surface area contributed by atoms with Crippen LogP contribution in [0.15, 0.2) is 53.4 Å². The van der Waals surface area contributed by atoms with Gasteiger partial charge in [-0.3, -0.25) is 4.72 Å². The molecule has 0 radical (unpaired) electrons. The summed E-state index contributed by atoms with van der Waals surface area (Å²) < 4.78 is 32.5. The predicted molar refractivity (Wildman–Crippen MR) is 78.1 cm³/mol. The quantitative estimate of drug-likeness (QED) is 0.882. The fourth-order valence-corrected chi connectivity index (χ4v) is 3.11. The van der Waals surface area contributed by atoms with Crippen molar-refractivity contribution in [1.82, 2.24) is 0 Å². The zero-order chi connectivity index (χ0) is 14.6. The molecular formula is C14H16N2O3S. The van der Waals surface area contributed by atoms with Crippen LogP contribution in [0.3, 0.4) is 0 Å². The highest BCUT2D eigenvalue weighted by Gasteiger charge is 2.19. The molecule has 0 amide bonds. The van der Waals surface area contributed by atoms with Gasteiger partial charge >= 0.3 is 0 Å². The first-order valence-electron chi connectivity index (χ1n) is 6.02. The van der Waals surface area contributed by atoms with E-state index in [1.54, 1.807) is 36.4 Å². The van der Waals surface area contributed by atoms with Crippen LogP contribution in [0.25, 0.3) is 0 Å². The zero-order valence-electron chi connectivity index (χ0n) is 11.0. The van der Waals surface area contributed by atoms with Gasteiger partial charge < -0.3 is 10.5 Å². The third-order valence-corrected chi connectivity index (χ3v) is 4.25. The third-order valence-electron chi connectivity index (χ3n) is 2.84. The van der Waals surface area contributed by atoms with Gasteiger partial charge in [0.05, 0.1) is 12.8 Å². The molecule has 2 aromatic rings. The minimum Gasteiger partial charge on any atom is -0.495 e. The number of benzene rings is 2. The minimum absolute atomic E-state index is 0.0920. The number of sulfonamides is 1. The first-order valence-corrected chi connectivity index (χ1v) is 7.50. The van der Waals surface area contributed by atoms with Gasteiger partial charge in [0.1, 0.15) is 10.6 Å². The van der Waals surface area contributed by atoms with E-state index in [1.165, 1.54) is 13.2 Å². The largest absolute Gasteiger partial charge is 0.495 e. The molecule has 0 aromatic heterocycles. The van der Waals surface area contributed by atoms with E-state index in [2.05, 4.69) is 4.72 Å². The van der Waals surface area contributed by atoms with Crippen molar-refractivity contribution in [3.05, 3.63) is 54.1 Å². The lowest BCUT2D eigenvalue weighted by Crippen LogP contribution is -2.16. The van der Waals surface area contributed by atoms with E-state index in [1.807, 2.05) is 6.07 Å². The summed E-state index contributed by atoms with van der Waals surface area (Å²) in [6.45, 7) is 0.255. The highest BCUT2D eigenvalue weighted by Crippen LogP contribution is 2.26. The molecule has 2 rings (SSSR count). The van der Waals surface area contributed by atoms with Crippen molar-refractivity contribution < 1.29 is 13.2 Å². The lowest BCUT2D eigenvalue weighted by Gasteiger charge is -2.13. The van der Waals surface area contributed by atoms with Crippen LogP contribution in [0.1, 0.15) is 5.56 Å². The van der Waals surface area contributed by atoms with E-state index >= 15 is 0 Å². The van der Waals surface area contributed by atoms with Crippen molar-refractivity contribution in [2.24, 2.45) is 5.73 Å². The minimum atomic E-state index is -3.72. The number of nitrogens with two attached hydrogens (primary N) is 1. The molecule has 3 N–H and O–H groups in total. The number of anilines is 1. The number of hydrogen-bond acceptors (Lipinski definition) is 4. The second-order valence-corrected chi connectivity index (χ2v) is 5.77. The smallest absolute Gasteiger partial charge is 0.265 e. The van der Waals surface area contributed by atoms with Gasteiger partial charge in [-0.15, -0.1) is 0 Å². The van der Waals surface area contributed by atoms with E-state index in [4.69, 9.17) is 10.5 Å². The summed E-state index contributed by atoms with van der Waals surface area (Å²) in [5.74, 6) is 0.297. The van der Waals surface area contributed by atoms with Crippen LogP contribution in [0, 0.1) is 0 Å². The second kappa shape index (κ2) is 5.94. The van der Waals surface area contributed by atoms with Crippen molar-refractivity contribution in [3.8, 4) is 5.75 Å². The Hall–Kier alpha value is -2.05. The van der Waals surface area contributed by atoms with Gasteiger partial charge in [-0.1, -0.05) is 30.3 Å². The molecular weight excluding hydrogens is 276 g/mol. The van der Waals surface area contributed by atoms with Crippen LogP contribution in [0.2, 0.25) is 0 Å². The third kappa shape index (κ3) is 2.92. The standard InChI is InChI=1S/C14H16N2O3S/c1-19-13-8-4-5-9-14(13)20(17,18)16-12-7-3-2-6-11(12)10-15/h2-9,16H,10,15H2,1H3. The normalized spacial score (nSPS) is 11.1. The summed E-state index contributed by atoms with van der Waals surface area (Å²) in [6, 6.07) is 13.5. The number of para-hydroxylation sites is 2. The van der Waals surface area contributed by atoms with Crippen molar-refractivity contribution in [1.29, 1.82) is 0 Å². The highest BCUT2D eigenvalue weighted by atomic mass is 32.2. The number of methoxy groups -OCH3 is 1. The van der Waals surface area contributed by atoms with E-state index in [0.29, 0.717) is 11.4 Å². The molecule has 0 bridgehead atoms. The Kier molecular flexibility index (Phi) is 4.26. The number of ether oxygens (including phenoxy) is 1. The topological polar surface area (TPSA) is 81.4 Å². The first-order chi connectivity index (χ1) is 9.58. The monoisotopic (exact) mass is 292 g/mol. The van der Waals surface area contributed by atoms with Crippen LogP contribution < -0.4 is 15.2 Å². The molecule has 0 saturated carbocycles. The lowest BCUT2D eigenvalue weighted by atomic mass is 10.2. The van der Waals surface area contributed by atoms with Crippen molar-refractivity contribution in [3.63, 3.8) is 0 Å². The second-order valence-electron chi connectivity index (χ2n) is 4.12. The summed E-state index contributed by atoms with van der Waals surface area (Å²) in [7, 11) is -2.29. The fraction of sp³-hybridized carbons (Fsp3) is 0.143. The maximum Gasteiger partial charge on any atom is 0.265 e. The van der Waals surface area contributed by atoms with Gasteiger partial charge in [0.2, 0.25) is 0 Å². The van der Waals surface area contributed by atoms with Crippen LogP contribution in [0.4, 0.5) is 5.69 Å². The average molecular weight is 292 g/mol. The molecule has 0 spiro atoms. The van der Waals surface area contributed by atoms with E-state index in [9.17, 15) is 8.42 Å². The Morgan fingerprint density at radius 1 is 1.10 bits per heavy atom. The molecule has 0 unspecified atom stereocenters. The predicted octanol–water partition coefficient (Wildman–Crippen LogP) is 1.95. The molecule has 0 atom stereocenters. The maximum atomic E-state index is 12.4. The summed E-state index contributed by atoms with van der Waals surface area (Å²) in [5, 5.41) is 0. The average Bonchev–Trinajstić information content (AvgIpc) is 2.47. The first kappa shape index (κ1) is 14.4. The molecule has 106 valence electrons. The Morgan fingerprint density at radius 3 is 2.45 bits per heavy atom. The molecule has 20 heavy (non-hydrogen) atoms. The molecule has 0 aliphatic heterocycles. The number of hydrogen-bond donors (Lipinski definition) is 2. The van der Waals surface area contributed by atoms with E-state index in [-0.39, 0.29) is 11.4 Å². The van der Waals surface area contributed by atoms with E-state index in [0.717, 1.165) is 5.56 Å². The molecule has 6 heteroatoms. The van der Waals surface area contributed by atoms with Crippen molar-refractivity contribution in [2.75, 3.05) is 11.8 Å². The van der Waals surface area contributed by atoms with Crippen LogP contribution >= 0.6 is 0 Å². The van der Waals surface area contributed by atoms with Gasteiger partial charge in [-0.25, -0.2) is 8.42 Å². The molecule has 0 fully saturated rings. The van der Waals surface area contributed by atoms with E-state index < -0.39 is 10.0 Å². The Bertz CT molecular complexity index is 699. The fourth-order valence-electron chi connectivity index (χ4n) is 1.84. The summed E-state index contributed by atoms with van der Waals surface area (Å²) in [4.78, 5) is 0.0920. The van der Waals surface area contributed by atoms with Gasteiger partial charge in [0, 0.05) is 6.54 Å². The van der Waals surface area contributed by atoms with Gasteiger partial charge in [0.15, 0.2) is 0 Å². The number of rotatable bonds is 5. The van der Waals surface area contributed by atoms with Crippen LogP contribution in [-0.4, -0.2) is 15.5 Å². The SMILES string of the molecule is COc1ccccc1S(=O)(=O)Nc1ccccc1CN. The molecule has 0 saturated heterocycles. The van der Waals surface area contributed by atoms with Gasteiger partial charge in [-0.2, -0.15) is 0 Å². The summed E-state index contributed by atoms with van der Waals surface area (Å²) >= 11 is 0. The summed E-state index contributed by atoms with van der Waals surface area (Å²) in [5.41, 5.74) is 6.81. The van der Waals surface area contributed by atoms with Gasteiger partial charge in [-0.05, 0) is 23.8 Å². The number of nitrogens with one attached hydrogen (secondary N) is 1. The van der Waals surface area contributed by atoms with Crippen molar-refractivity contribution >= 4 is 15.7 Å². The molecule has 0 aliphatic rings. The molecule has 0 heterocycles. The van der Waals surface area contributed by atoms with Crippen molar-refractivity contribution in [2.45, 2.75) is 11.4 Å². The zero-order valence-corrected chi connectivity index (χ0v) is 11.9. The molecule has 0 aliphatic carbocycles. The Balaban J connectivity index is 2.41. The maximum absolute atomic E-state index is 12.4. The summed E-state index contributed by atoms with van der Waals surface area (Å²) in [6.07, 6.45) is 0. The Morgan fingerprint density at radius 2 is 1.75 bits per heavy atom. The van der Waals surface area contributed by atoms with Crippen LogP contribution in [0.5, 0.6) is 5.75 Å².